The summed E-state index contributed by atoms with van der Waals surface area (Å²) >= 11 is 4.90. The fourth-order valence-electron chi connectivity index (χ4n) is 1.12. The van der Waals surface area contributed by atoms with E-state index in [0.717, 1.165) is 8.66 Å². The summed E-state index contributed by atoms with van der Waals surface area (Å²) in [5.41, 5.74) is 2.65. The number of nitrogens with one attached hydrogen (secondary N) is 1. The molecule has 0 aromatic carbocycles. The lowest BCUT2D eigenvalue weighted by molar-refractivity contribution is -0.385. The minimum Gasteiger partial charge on any atom is -0.261 e. The van der Waals surface area contributed by atoms with E-state index in [2.05, 4.69) is 31.4 Å². The van der Waals surface area contributed by atoms with Gasteiger partial charge in [-0.1, -0.05) is 0 Å². The summed E-state index contributed by atoms with van der Waals surface area (Å²) in [6.45, 7) is 0. The van der Waals surface area contributed by atoms with Gasteiger partial charge >= 0.3 is 0 Å². The third-order valence-electron chi connectivity index (χ3n) is 1.92. The number of nitrogens with zero attached hydrogens (tertiary/aromatic N) is 3. The number of pyridine rings is 1. The van der Waals surface area contributed by atoms with Crippen molar-refractivity contribution in [2.75, 3.05) is 5.43 Å². The van der Waals surface area contributed by atoms with Crippen molar-refractivity contribution in [3.63, 3.8) is 0 Å². The fraction of sp³-hybridized carbons (Fsp3) is 0. The van der Waals surface area contributed by atoms with E-state index in [1.165, 1.54) is 18.3 Å². The maximum absolute atomic E-state index is 10.4. The van der Waals surface area contributed by atoms with E-state index in [-0.39, 0.29) is 5.69 Å². The number of rotatable bonds is 4. The maximum atomic E-state index is 10.4. The second-order valence-corrected chi connectivity index (χ2v) is 5.67. The molecular weight excluding hydrogens is 320 g/mol. The fourth-order valence-corrected chi connectivity index (χ4v) is 2.42. The highest BCUT2D eigenvalue weighted by Crippen LogP contribution is 2.20. The summed E-state index contributed by atoms with van der Waals surface area (Å²) in [6.07, 6.45) is 2.83. The van der Waals surface area contributed by atoms with Gasteiger partial charge in [0.1, 0.15) is 12.0 Å². The number of halogens is 1. The number of thiophene rings is 1. The molecule has 0 unspecified atom stereocenters. The molecule has 0 aliphatic carbocycles. The molecule has 0 spiro atoms. The van der Waals surface area contributed by atoms with Crippen LogP contribution in [0.2, 0.25) is 0 Å². The topological polar surface area (TPSA) is 80.4 Å². The van der Waals surface area contributed by atoms with Crippen molar-refractivity contribution in [2.45, 2.75) is 0 Å². The Kier molecular flexibility index (Phi) is 4.00. The SMILES string of the molecule is O=[N+]([O-])c1ccc(N/N=C/c2ccc(Br)s2)nc1. The van der Waals surface area contributed by atoms with Crippen LogP contribution in [0.4, 0.5) is 11.5 Å². The highest BCUT2D eigenvalue weighted by atomic mass is 79.9. The van der Waals surface area contributed by atoms with Gasteiger partial charge < -0.3 is 0 Å². The number of aromatic nitrogens is 1. The van der Waals surface area contributed by atoms with Gasteiger partial charge in [-0.3, -0.25) is 15.5 Å². The predicted octanol–water partition coefficient (Wildman–Crippen LogP) is 3.26. The summed E-state index contributed by atoms with van der Waals surface area (Å²) in [5, 5.41) is 14.4. The number of hydrogen-bond donors (Lipinski definition) is 1. The van der Waals surface area contributed by atoms with Crippen LogP contribution in [0.5, 0.6) is 0 Å². The molecule has 0 bridgehead atoms. The Bertz CT molecular complexity index is 582. The van der Waals surface area contributed by atoms with E-state index in [1.807, 2.05) is 12.1 Å². The molecule has 92 valence electrons. The Morgan fingerprint density at radius 2 is 2.28 bits per heavy atom. The normalized spacial score (nSPS) is 10.7. The lowest BCUT2D eigenvalue weighted by atomic mass is 10.4. The van der Waals surface area contributed by atoms with Crippen LogP contribution in [-0.4, -0.2) is 16.1 Å². The van der Waals surface area contributed by atoms with Gasteiger partial charge in [-0.05, 0) is 34.1 Å². The van der Waals surface area contributed by atoms with Gasteiger partial charge in [0.25, 0.3) is 5.69 Å². The second-order valence-electron chi connectivity index (χ2n) is 3.17. The maximum Gasteiger partial charge on any atom is 0.287 e. The molecule has 0 saturated heterocycles. The lowest BCUT2D eigenvalue weighted by Gasteiger charge is -1.97. The second kappa shape index (κ2) is 5.69. The van der Waals surface area contributed by atoms with Crippen LogP contribution < -0.4 is 5.43 Å². The third kappa shape index (κ3) is 3.34. The first kappa shape index (κ1) is 12.7. The molecule has 18 heavy (non-hydrogen) atoms. The van der Waals surface area contributed by atoms with Crippen molar-refractivity contribution >= 4 is 45.0 Å². The summed E-state index contributed by atoms with van der Waals surface area (Å²) < 4.78 is 1.03. The summed E-state index contributed by atoms with van der Waals surface area (Å²) in [6, 6.07) is 6.71. The molecule has 0 saturated carbocycles. The molecule has 2 aromatic rings. The summed E-state index contributed by atoms with van der Waals surface area (Å²) in [7, 11) is 0. The number of hydrazone groups is 1. The van der Waals surface area contributed by atoms with Crippen molar-refractivity contribution in [1.29, 1.82) is 0 Å². The first-order valence-corrected chi connectivity index (χ1v) is 6.41. The zero-order valence-electron chi connectivity index (χ0n) is 8.91. The van der Waals surface area contributed by atoms with Crippen molar-refractivity contribution < 1.29 is 4.92 Å². The molecule has 2 heterocycles. The van der Waals surface area contributed by atoms with E-state index in [9.17, 15) is 10.1 Å². The largest absolute Gasteiger partial charge is 0.287 e. The first-order valence-electron chi connectivity index (χ1n) is 4.80. The molecule has 0 aliphatic heterocycles. The van der Waals surface area contributed by atoms with Gasteiger partial charge in [0.2, 0.25) is 0 Å². The lowest BCUT2D eigenvalue weighted by Crippen LogP contribution is -1.94. The van der Waals surface area contributed by atoms with Crippen LogP contribution in [0.15, 0.2) is 39.4 Å². The molecule has 0 fully saturated rings. The summed E-state index contributed by atoms with van der Waals surface area (Å²) in [5.74, 6) is 0.451. The van der Waals surface area contributed by atoms with E-state index in [0.29, 0.717) is 5.82 Å². The molecule has 2 rings (SSSR count). The highest BCUT2D eigenvalue weighted by Gasteiger charge is 2.04. The molecule has 0 aliphatic rings. The monoisotopic (exact) mass is 326 g/mol. The van der Waals surface area contributed by atoms with Gasteiger partial charge in [-0.25, -0.2) is 4.98 Å². The zero-order chi connectivity index (χ0) is 13.0. The number of hydrogen-bond acceptors (Lipinski definition) is 6. The quantitative estimate of drug-likeness (QED) is 0.531. The molecule has 0 amide bonds. The highest BCUT2D eigenvalue weighted by molar-refractivity contribution is 9.11. The van der Waals surface area contributed by atoms with Crippen LogP contribution in [0.1, 0.15) is 4.88 Å². The average Bonchev–Trinajstić information content (AvgIpc) is 2.76. The third-order valence-corrected chi connectivity index (χ3v) is 3.48. The van der Waals surface area contributed by atoms with Crippen LogP contribution in [-0.2, 0) is 0 Å². The Hall–Kier alpha value is -1.80. The molecule has 0 atom stereocenters. The van der Waals surface area contributed by atoms with Crippen LogP contribution in [0.3, 0.4) is 0 Å². The van der Waals surface area contributed by atoms with Crippen LogP contribution in [0, 0.1) is 10.1 Å². The van der Waals surface area contributed by atoms with E-state index >= 15 is 0 Å². The minimum absolute atomic E-state index is 0.0493. The van der Waals surface area contributed by atoms with E-state index < -0.39 is 4.92 Å². The van der Waals surface area contributed by atoms with Gasteiger partial charge in [0.05, 0.1) is 14.9 Å². The summed E-state index contributed by atoms with van der Waals surface area (Å²) in [4.78, 5) is 14.8. The molecule has 2 aromatic heterocycles. The van der Waals surface area contributed by atoms with E-state index in [4.69, 9.17) is 0 Å². The first-order chi connectivity index (χ1) is 8.65. The predicted molar refractivity (Wildman–Crippen MR) is 74.1 cm³/mol. The molecule has 6 nitrogen and oxygen atoms in total. The Balaban J connectivity index is 1.98. The van der Waals surface area contributed by atoms with Crippen LogP contribution >= 0.6 is 27.3 Å². The van der Waals surface area contributed by atoms with Crippen molar-refractivity contribution in [2.24, 2.45) is 5.10 Å². The standard InChI is InChI=1S/C10H7BrN4O2S/c11-9-3-2-8(18-9)6-13-14-10-4-1-7(5-12-10)15(16)17/h1-6H,(H,12,14)/b13-6+. The van der Waals surface area contributed by atoms with Crippen molar-refractivity contribution in [1.82, 2.24) is 4.98 Å². The van der Waals surface area contributed by atoms with Crippen molar-refractivity contribution in [3.8, 4) is 0 Å². The van der Waals surface area contributed by atoms with E-state index in [1.54, 1.807) is 17.6 Å². The minimum atomic E-state index is -0.497. The van der Waals surface area contributed by atoms with Crippen LogP contribution in [0.25, 0.3) is 0 Å². The number of anilines is 1. The van der Waals surface area contributed by atoms with Crippen molar-refractivity contribution in [3.05, 3.63) is 49.2 Å². The van der Waals surface area contributed by atoms with Gasteiger partial charge in [0.15, 0.2) is 0 Å². The molecule has 0 radical (unpaired) electrons. The number of nitro groups is 1. The molecule has 8 heteroatoms. The molecule has 1 N–H and O–H groups in total. The zero-order valence-corrected chi connectivity index (χ0v) is 11.3. The van der Waals surface area contributed by atoms with Gasteiger partial charge in [-0.2, -0.15) is 5.10 Å². The average molecular weight is 327 g/mol. The Morgan fingerprint density at radius 1 is 1.44 bits per heavy atom. The van der Waals surface area contributed by atoms with Gasteiger partial charge in [-0.15, -0.1) is 11.3 Å². The molecular formula is C10H7BrN4O2S. The smallest absolute Gasteiger partial charge is 0.261 e. The Morgan fingerprint density at radius 3 is 2.83 bits per heavy atom. The van der Waals surface area contributed by atoms with Gasteiger partial charge in [0, 0.05) is 10.9 Å². The Labute approximate surface area is 115 Å².